The molecule has 33 heavy (non-hydrogen) atoms. The molecule has 2 aromatic rings. The Bertz CT molecular complexity index is 1050. The first-order valence-corrected chi connectivity index (χ1v) is 12.4. The number of aryl methyl sites for hydroxylation is 1. The zero-order valence-electron chi connectivity index (χ0n) is 19.5. The first-order valence-electron chi connectivity index (χ1n) is 12.4. The average molecular weight is 451 g/mol. The quantitative estimate of drug-likeness (QED) is 0.677. The van der Waals surface area contributed by atoms with Gasteiger partial charge < -0.3 is 20.1 Å². The number of anilines is 1. The first kappa shape index (κ1) is 21.0. The van der Waals surface area contributed by atoms with Crippen molar-refractivity contribution in [3.05, 3.63) is 41.6 Å². The van der Waals surface area contributed by atoms with E-state index >= 15 is 0 Å². The van der Waals surface area contributed by atoms with Gasteiger partial charge in [-0.05, 0) is 80.4 Å². The Balaban J connectivity index is 1.19. The largest absolute Gasteiger partial charge is 0.497 e. The van der Waals surface area contributed by atoms with Crippen molar-refractivity contribution in [1.82, 2.24) is 15.1 Å². The molecule has 1 aromatic heterocycles. The highest BCUT2D eigenvalue weighted by Crippen LogP contribution is 2.55. The molecule has 176 valence electrons. The summed E-state index contributed by atoms with van der Waals surface area (Å²) in [6.07, 6.45) is 7.19. The molecule has 7 heteroatoms. The predicted octanol–water partition coefficient (Wildman–Crippen LogP) is 3.27. The second-order valence-corrected chi connectivity index (χ2v) is 10.9. The number of aliphatic hydroxyl groups is 1. The Morgan fingerprint density at radius 3 is 2.67 bits per heavy atom. The summed E-state index contributed by atoms with van der Waals surface area (Å²) in [5.41, 5.74) is 1.18. The van der Waals surface area contributed by atoms with E-state index in [-0.39, 0.29) is 11.9 Å². The fourth-order valence-electron chi connectivity index (χ4n) is 7.03. The molecule has 2 unspecified atom stereocenters. The van der Waals surface area contributed by atoms with E-state index in [1.165, 1.54) is 5.56 Å². The van der Waals surface area contributed by atoms with E-state index in [4.69, 9.17) is 4.74 Å². The summed E-state index contributed by atoms with van der Waals surface area (Å²) in [4.78, 5) is 15.6. The number of hydrogen-bond donors (Lipinski definition) is 2. The van der Waals surface area contributed by atoms with Crippen molar-refractivity contribution in [1.29, 1.82) is 0 Å². The predicted molar refractivity (Wildman–Crippen MR) is 125 cm³/mol. The van der Waals surface area contributed by atoms with Crippen LogP contribution in [0.2, 0.25) is 0 Å². The molecule has 1 aromatic carbocycles. The number of hydrogen-bond acceptors (Lipinski definition) is 5. The summed E-state index contributed by atoms with van der Waals surface area (Å²) in [5, 5.41) is 18.8. The molecule has 7 rings (SSSR count). The SMILES string of the molecule is COc1cccc(CN(c2cc(C(=O)NC3C4CC5CC3CC(O)(C5)C4)nn2C)C2CC2)c1. The lowest BCUT2D eigenvalue weighted by atomic mass is 9.52. The molecular weight excluding hydrogens is 416 g/mol. The number of methoxy groups -OCH3 is 1. The molecule has 2 atom stereocenters. The normalized spacial score (nSPS) is 32.1. The Morgan fingerprint density at radius 2 is 2.00 bits per heavy atom. The lowest BCUT2D eigenvalue weighted by molar-refractivity contribution is -0.136. The summed E-state index contributed by atoms with van der Waals surface area (Å²) in [7, 11) is 3.61. The van der Waals surface area contributed by atoms with Crippen LogP contribution in [0.5, 0.6) is 5.75 Å². The van der Waals surface area contributed by atoms with Crippen LogP contribution in [-0.2, 0) is 13.6 Å². The fourth-order valence-corrected chi connectivity index (χ4v) is 7.03. The Hall–Kier alpha value is -2.54. The number of aromatic nitrogens is 2. The zero-order valence-corrected chi connectivity index (χ0v) is 19.5. The Kier molecular flexibility index (Phi) is 4.94. The number of amides is 1. The van der Waals surface area contributed by atoms with Crippen LogP contribution in [0, 0.1) is 17.8 Å². The molecule has 5 aliphatic rings. The van der Waals surface area contributed by atoms with Crippen molar-refractivity contribution < 1.29 is 14.6 Å². The molecule has 0 spiro atoms. The molecule has 0 saturated heterocycles. The highest BCUT2D eigenvalue weighted by Gasteiger charge is 2.55. The maximum atomic E-state index is 13.2. The zero-order chi connectivity index (χ0) is 22.7. The number of carbonyl (C=O) groups excluding carboxylic acids is 1. The molecule has 5 aliphatic carbocycles. The first-order chi connectivity index (χ1) is 15.9. The van der Waals surface area contributed by atoms with Crippen LogP contribution in [0.4, 0.5) is 5.82 Å². The van der Waals surface area contributed by atoms with Gasteiger partial charge in [-0.1, -0.05) is 12.1 Å². The van der Waals surface area contributed by atoms with Gasteiger partial charge >= 0.3 is 0 Å². The van der Waals surface area contributed by atoms with Gasteiger partial charge in [-0.2, -0.15) is 5.10 Å². The van der Waals surface area contributed by atoms with E-state index in [0.717, 1.165) is 63.1 Å². The van der Waals surface area contributed by atoms with E-state index in [1.807, 2.05) is 29.9 Å². The van der Waals surface area contributed by atoms with Gasteiger partial charge in [-0.3, -0.25) is 9.48 Å². The summed E-state index contributed by atoms with van der Waals surface area (Å²) < 4.78 is 7.23. The van der Waals surface area contributed by atoms with Crippen molar-refractivity contribution in [3.63, 3.8) is 0 Å². The smallest absolute Gasteiger partial charge is 0.272 e. The number of nitrogens with zero attached hydrogens (tertiary/aromatic N) is 3. The highest BCUT2D eigenvalue weighted by molar-refractivity contribution is 5.93. The number of rotatable bonds is 7. The average Bonchev–Trinajstić information content (AvgIpc) is 3.55. The third-order valence-electron chi connectivity index (χ3n) is 8.40. The molecular formula is C26H34N4O3. The van der Waals surface area contributed by atoms with Crippen LogP contribution in [0.25, 0.3) is 0 Å². The summed E-state index contributed by atoms with van der Waals surface area (Å²) in [6, 6.07) is 10.7. The minimum atomic E-state index is -0.485. The maximum absolute atomic E-state index is 13.2. The van der Waals surface area contributed by atoms with Crippen molar-refractivity contribution in [2.45, 2.75) is 69.2 Å². The van der Waals surface area contributed by atoms with E-state index in [0.29, 0.717) is 29.5 Å². The van der Waals surface area contributed by atoms with E-state index in [2.05, 4.69) is 27.4 Å². The number of nitrogens with one attached hydrogen (secondary N) is 1. The third kappa shape index (κ3) is 3.90. The van der Waals surface area contributed by atoms with E-state index in [1.54, 1.807) is 7.11 Å². The monoisotopic (exact) mass is 450 g/mol. The number of ether oxygens (including phenoxy) is 1. The highest BCUT2D eigenvalue weighted by atomic mass is 16.5. The van der Waals surface area contributed by atoms with Crippen molar-refractivity contribution in [2.24, 2.45) is 24.8 Å². The van der Waals surface area contributed by atoms with Gasteiger partial charge in [0.2, 0.25) is 0 Å². The van der Waals surface area contributed by atoms with Crippen molar-refractivity contribution in [2.75, 3.05) is 12.0 Å². The molecule has 5 saturated carbocycles. The molecule has 7 nitrogen and oxygen atoms in total. The number of benzene rings is 1. The van der Waals surface area contributed by atoms with Crippen LogP contribution >= 0.6 is 0 Å². The van der Waals surface area contributed by atoms with Gasteiger partial charge in [0, 0.05) is 31.7 Å². The molecule has 2 N–H and O–H groups in total. The van der Waals surface area contributed by atoms with Crippen molar-refractivity contribution >= 4 is 11.7 Å². The van der Waals surface area contributed by atoms with Crippen molar-refractivity contribution in [3.8, 4) is 5.75 Å². The molecule has 0 radical (unpaired) electrons. The van der Waals surface area contributed by atoms with Gasteiger partial charge in [0.05, 0.1) is 12.7 Å². The van der Waals surface area contributed by atoms with E-state index < -0.39 is 5.60 Å². The standard InChI is InChI=1S/C26H34N4O3/c1-29-23(30(20-6-7-20)15-16-4-3-5-21(10-16)33-2)11-22(28-29)25(31)27-24-18-8-17-9-19(24)14-26(32,12-17)13-18/h3-5,10-11,17-20,24,32H,6-9,12-15H2,1-2H3,(H,27,31). The maximum Gasteiger partial charge on any atom is 0.272 e. The second-order valence-electron chi connectivity index (χ2n) is 10.9. The van der Waals surface area contributed by atoms with E-state index in [9.17, 15) is 9.90 Å². The van der Waals surface area contributed by atoms with Gasteiger partial charge in [-0.25, -0.2) is 0 Å². The van der Waals surface area contributed by atoms with Gasteiger partial charge in [0.15, 0.2) is 5.69 Å². The molecule has 0 aliphatic heterocycles. The van der Waals surface area contributed by atoms with Crippen LogP contribution in [0.1, 0.15) is 61.0 Å². The third-order valence-corrected chi connectivity index (χ3v) is 8.40. The molecule has 4 bridgehead atoms. The number of carbonyl (C=O) groups is 1. The molecule has 5 fully saturated rings. The minimum Gasteiger partial charge on any atom is -0.497 e. The topological polar surface area (TPSA) is 79.6 Å². The summed E-state index contributed by atoms with van der Waals surface area (Å²) in [5.74, 6) is 3.16. The van der Waals surface area contributed by atoms with Gasteiger partial charge in [0.25, 0.3) is 5.91 Å². The fraction of sp³-hybridized carbons (Fsp3) is 0.615. The minimum absolute atomic E-state index is 0.0848. The van der Waals surface area contributed by atoms with Crippen LogP contribution in [0.3, 0.4) is 0 Å². The molecule has 1 heterocycles. The van der Waals surface area contributed by atoms with Gasteiger partial charge in [-0.15, -0.1) is 0 Å². The molecule has 1 amide bonds. The van der Waals surface area contributed by atoms with Gasteiger partial charge in [0.1, 0.15) is 11.6 Å². The lowest BCUT2D eigenvalue weighted by Gasteiger charge is -2.58. The Labute approximate surface area is 195 Å². The van der Waals surface area contributed by atoms with Crippen LogP contribution in [0.15, 0.2) is 30.3 Å². The second kappa shape index (κ2) is 7.76. The van der Waals surface area contributed by atoms with Crippen LogP contribution < -0.4 is 15.0 Å². The summed E-state index contributed by atoms with van der Waals surface area (Å²) in [6.45, 7) is 0.759. The van der Waals surface area contributed by atoms with Crippen LogP contribution in [-0.4, -0.2) is 45.6 Å². The summed E-state index contributed by atoms with van der Waals surface area (Å²) >= 11 is 0. The lowest BCUT2D eigenvalue weighted by Crippen LogP contribution is -2.61. The Morgan fingerprint density at radius 1 is 1.24 bits per heavy atom.